The van der Waals surface area contributed by atoms with Crippen LogP contribution in [0.5, 0.6) is 0 Å². The maximum atomic E-state index is 14.1. The summed E-state index contributed by atoms with van der Waals surface area (Å²) in [5.41, 5.74) is 1.48. The van der Waals surface area contributed by atoms with E-state index in [2.05, 4.69) is 15.3 Å². The fraction of sp³-hybridized carbons (Fsp3) is 0.514. The molecule has 0 spiro atoms. The van der Waals surface area contributed by atoms with Crippen molar-refractivity contribution in [2.75, 3.05) is 29.9 Å². The van der Waals surface area contributed by atoms with Crippen LogP contribution in [0, 0.1) is 0 Å². The zero-order valence-corrected chi connectivity index (χ0v) is 32.6. The van der Waals surface area contributed by atoms with Gasteiger partial charge in [-0.3, -0.25) is 14.4 Å². The van der Waals surface area contributed by atoms with Crippen molar-refractivity contribution in [3.8, 4) is 0 Å². The highest BCUT2D eigenvalue weighted by Gasteiger charge is 2.40. The van der Waals surface area contributed by atoms with Gasteiger partial charge in [-0.05, 0) is 85.4 Å². The second kappa shape index (κ2) is 14.9. The number of pyridine rings is 1. The van der Waals surface area contributed by atoms with Crippen LogP contribution in [0.1, 0.15) is 92.5 Å². The number of anilines is 2. The molecule has 5 heterocycles. The van der Waals surface area contributed by atoms with E-state index in [-0.39, 0.29) is 47.4 Å². The zero-order valence-electron chi connectivity index (χ0n) is 31.7. The lowest BCUT2D eigenvalue weighted by molar-refractivity contribution is -0.151. The van der Waals surface area contributed by atoms with Crippen LogP contribution in [0.25, 0.3) is 21.1 Å². The Balaban J connectivity index is 1.38. The molecular weight excluding hydrogens is 717 g/mol. The van der Waals surface area contributed by atoms with E-state index in [4.69, 9.17) is 19.3 Å². The Morgan fingerprint density at radius 3 is 2.30 bits per heavy atom. The van der Waals surface area contributed by atoms with E-state index in [0.717, 1.165) is 28.6 Å². The first-order valence-electron chi connectivity index (χ1n) is 17.9. The maximum absolute atomic E-state index is 14.1. The minimum absolute atomic E-state index is 0.0610. The van der Waals surface area contributed by atoms with Gasteiger partial charge in [-0.1, -0.05) is 6.07 Å². The second-order valence-electron chi connectivity index (χ2n) is 15.5. The number of piperazine rings is 1. The molecule has 2 fully saturated rings. The molecule has 6 rings (SSSR count). The summed E-state index contributed by atoms with van der Waals surface area (Å²) >= 11 is 1.49. The monoisotopic (exact) mass is 762 g/mol. The second-order valence-corrected chi connectivity index (χ2v) is 16.4. The van der Waals surface area contributed by atoms with Crippen molar-refractivity contribution in [1.29, 1.82) is 0 Å². The molecule has 0 bridgehead atoms. The van der Waals surface area contributed by atoms with Crippen molar-refractivity contribution in [1.82, 2.24) is 29.5 Å². The third kappa shape index (κ3) is 8.31. The molecule has 5 amide bonds. The van der Waals surface area contributed by atoms with Crippen LogP contribution >= 0.6 is 11.3 Å². The number of nitrogens with zero attached hydrogens (tertiary/aromatic N) is 7. The van der Waals surface area contributed by atoms with Gasteiger partial charge in [-0.15, -0.1) is 11.3 Å². The highest BCUT2D eigenvalue weighted by molar-refractivity contribution is 7.16. The number of carbonyl (C=O) groups is 5. The van der Waals surface area contributed by atoms with E-state index in [9.17, 15) is 24.0 Å². The van der Waals surface area contributed by atoms with Gasteiger partial charge >= 0.3 is 24.0 Å². The van der Waals surface area contributed by atoms with Gasteiger partial charge in [0.2, 0.25) is 5.91 Å². The normalized spacial score (nSPS) is 19.4. The van der Waals surface area contributed by atoms with Crippen molar-refractivity contribution in [2.45, 2.75) is 104 Å². The zero-order chi connectivity index (χ0) is 39.1. The van der Waals surface area contributed by atoms with Crippen molar-refractivity contribution >= 4 is 73.9 Å². The van der Waals surface area contributed by atoms with Crippen molar-refractivity contribution < 1.29 is 38.2 Å². The van der Waals surface area contributed by atoms with Crippen LogP contribution in [-0.2, 0) is 28.6 Å². The molecule has 288 valence electrons. The topological polar surface area (TPSA) is 178 Å². The number of nitrogens with one attached hydrogen (secondary N) is 1. The average Bonchev–Trinajstić information content (AvgIpc) is 3.75. The third-order valence-corrected chi connectivity index (χ3v) is 9.75. The van der Waals surface area contributed by atoms with Gasteiger partial charge in [0.15, 0.2) is 5.82 Å². The molecule has 3 aromatic heterocycles. The first-order valence-corrected chi connectivity index (χ1v) is 18.8. The quantitative estimate of drug-likeness (QED) is 0.235. The molecule has 1 unspecified atom stereocenters. The Kier molecular flexibility index (Phi) is 10.7. The summed E-state index contributed by atoms with van der Waals surface area (Å²) in [6.45, 7) is 14.1. The molecular formula is C37H46N8O8S. The van der Waals surface area contributed by atoms with E-state index in [1.807, 2.05) is 25.1 Å². The van der Waals surface area contributed by atoms with E-state index in [1.54, 1.807) is 62.8 Å². The Hall–Kier alpha value is -5.16. The number of amides is 5. The summed E-state index contributed by atoms with van der Waals surface area (Å²) in [6.07, 6.45) is 2.72. The first-order chi connectivity index (χ1) is 25.4. The Bertz CT molecular complexity index is 2070. The molecule has 17 heteroatoms. The summed E-state index contributed by atoms with van der Waals surface area (Å²) in [7, 11) is 0. The molecule has 16 nitrogen and oxygen atoms in total. The van der Waals surface area contributed by atoms with Gasteiger partial charge < -0.3 is 29.3 Å². The van der Waals surface area contributed by atoms with Crippen molar-refractivity contribution in [3.63, 3.8) is 0 Å². The third-order valence-electron chi connectivity index (χ3n) is 8.94. The molecule has 2 aliphatic rings. The van der Waals surface area contributed by atoms with Crippen molar-refractivity contribution in [2.24, 2.45) is 0 Å². The molecule has 0 saturated carbocycles. The number of thiazole rings is 1. The van der Waals surface area contributed by atoms with Gasteiger partial charge in [-0.2, -0.15) is 10.00 Å². The summed E-state index contributed by atoms with van der Waals surface area (Å²) < 4.78 is 19.7. The standard InChI is InChI=1S/C37H46N8O8S/c1-21-17-43(27(19-42(21)22(2)46)23-12-13-28-25(15-23)39-20-54-28)33(48)32(47)40-26-16-38-31(24-18-44(41-30(24)26)29-11-9-10-14-51-29)45(34(49)52-36(3,4)5)35(50)53-37(6,7)8/h12-13,15-16,18,20-21,27,29H,9-11,14,17,19H2,1-8H3,(H,40,47)/t21-,27-,29?/m1/s1. The van der Waals surface area contributed by atoms with Gasteiger partial charge in [0.25, 0.3) is 0 Å². The van der Waals surface area contributed by atoms with Crippen LogP contribution in [0.2, 0.25) is 0 Å². The van der Waals surface area contributed by atoms with Crippen LogP contribution in [-0.4, -0.2) is 96.4 Å². The van der Waals surface area contributed by atoms with E-state index in [0.29, 0.717) is 17.9 Å². The smallest absolute Gasteiger partial charge is 0.425 e. The lowest BCUT2D eigenvalue weighted by atomic mass is 9.99. The highest BCUT2D eigenvalue weighted by Crippen LogP contribution is 2.35. The summed E-state index contributed by atoms with van der Waals surface area (Å²) in [5, 5.41) is 7.62. The fourth-order valence-electron chi connectivity index (χ4n) is 6.54. The molecule has 4 aromatic rings. The number of ether oxygens (including phenoxy) is 3. The van der Waals surface area contributed by atoms with Crippen LogP contribution in [0.4, 0.5) is 21.1 Å². The minimum atomic E-state index is -1.03. The number of hydrogen-bond donors (Lipinski definition) is 1. The molecule has 2 saturated heterocycles. The first kappa shape index (κ1) is 38.6. The minimum Gasteiger partial charge on any atom is -0.443 e. The van der Waals surface area contributed by atoms with Gasteiger partial charge in [0.1, 0.15) is 22.9 Å². The van der Waals surface area contributed by atoms with Crippen LogP contribution in [0.3, 0.4) is 0 Å². The summed E-state index contributed by atoms with van der Waals surface area (Å²) in [5.74, 6) is -2.08. The molecule has 3 atom stereocenters. The fourth-order valence-corrected chi connectivity index (χ4v) is 7.19. The lowest BCUT2D eigenvalue weighted by Gasteiger charge is -2.44. The number of rotatable bonds is 4. The number of fused-ring (bicyclic) bond motifs is 2. The maximum Gasteiger partial charge on any atom is 0.425 e. The van der Waals surface area contributed by atoms with E-state index in [1.165, 1.54) is 29.4 Å². The van der Waals surface area contributed by atoms with E-state index >= 15 is 0 Å². The van der Waals surface area contributed by atoms with Crippen LogP contribution < -0.4 is 10.2 Å². The number of imide groups is 1. The number of benzene rings is 1. The Morgan fingerprint density at radius 1 is 0.963 bits per heavy atom. The van der Waals surface area contributed by atoms with E-state index < -0.39 is 47.5 Å². The molecule has 54 heavy (non-hydrogen) atoms. The Labute approximate surface area is 316 Å². The van der Waals surface area contributed by atoms with Gasteiger partial charge in [0.05, 0.1) is 39.0 Å². The number of hydrogen-bond acceptors (Lipinski definition) is 12. The average molecular weight is 763 g/mol. The van der Waals surface area contributed by atoms with Crippen molar-refractivity contribution in [3.05, 3.63) is 41.7 Å². The SMILES string of the molecule is CC(=O)N1C[C@H](c2ccc3scnc3c2)N(C(=O)C(=O)Nc2cnc(N(C(=O)OC(C)(C)C)C(=O)OC(C)(C)C)c3cn(C4CCCCO4)nc23)C[C@H]1C. The molecule has 2 aliphatic heterocycles. The predicted molar refractivity (Wildman–Crippen MR) is 201 cm³/mol. The number of carbonyl (C=O) groups excluding carboxylic acids is 5. The molecule has 1 aromatic carbocycles. The van der Waals surface area contributed by atoms with Gasteiger partial charge in [0, 0.05) is 38.9 Å². The highest BCUT2D eigenvalue weighted by atomic mass is 32.1. The van der Waals surface area contributed by atoms with Crippen LogP contribution in [0.15, 0.2) is 36.1 Å². The van der Waals surface area contributed by atoms with Gasteiger partial charge in [-0.25, -0.2) is 24.2 Å². The number of aromatic nitrogens is 4. The molecule has 0 aliphatic carbocycles. The Morgan fingerprint density at radius 2 is 1.67 bits per heavy atom. The lowest BCUT2D eigenvalue weighted by Crippen LogP contribution is -2.58. The molecule has 0 radical (unpaired) electrons. The summed E-state index contributed by atoms with van der Waals surface area (Å²) in [6, 6.07) is 4.68. The largest absolute Gasteiger partial charge is 0.443 e. The predicted octanol–water partition coefficient (Wildman–Crippen LogP) is 6.18. The molecule has 1 N–H and O–H groups in total. The summed E-state index contributed by atoms with van der Waals surface area (Å²) in [4.78, 5) is 80.6.